The van der Waals surface area contributed by atoms with Gasteiger partial charge in [-0.25, -0.2) is 4.79 Å². The van der Waals surface area contributed by atoms with Gasteiger partial charge in [0.2, 0.25) is 5.91 Å². The minimum atomic E-state index is -1.46. The number of hydrogen-bond acceptors (Lipinski definition) is 5. The molecule has 0 bridgehead atoms. The van der Waals surface area contributed by atoms with Crippen LogP contribution in [0.25, 0.3) is 0 Å². The molecule has 25 heavy (non-hydrogen) atoms. The summed E-state index contributed by atoms with van der Waals surface area (Å²) < 4.78 is 0. The Labute approximate surface area is 144 Å². The van der Waals surface area contributed by atoms with E-state index in [1.165, 1.54) is 31.2 Å². The van der Waals surface area contributed by atoms with E-state index in [1.807, 2.05) is 13.8 Å². The molecular formula is C16H20N4O5. The van der Waals surface area contributed by atoms with Gasteiger partial charge in [0.15, 0.2) is 0 Å². The lowest BCUT2D eigenvalue weighted by Crippen LogP contribution is -2.44. The van der Waals surface area contributed by atoms with Crippen molar-refractivity contribution in [2.75, 3.05) is 6.54 Å². The number of carbonyl (C=O) groups excluding carboxylic acids is 3. The number of nitro groups is 1. The highest BCUT2D eigenvalue weighted by Gasteiger charge is 2.49. The van der Waals surface area contributed by atoms with Crippen molar-refractivity contribution in [3.8, 4) is 0 Å². The van der Waals surface area contributed by atoms with Gasteiger partial charge in [0.05, 0.1) is 4.92 Å². The lowest BCUT2D eigenvalue weighted by atomic mass is 9.91. The zero-order valence-electron chi connectivity index (χ0n) is 14.2. The first-order chi connectivity index (χ1) is 11.7. The van der Waals surface area contributed by atoms with Crippen LogP contribution < -0.4 is 10.6 Å². The van der Waals surface area contributed by atoms with Crippen LogP contribution in [-0.2, 0) is 15.1 Å². The maximum absolute atomic E-state index is 12.7. The van der Waals surface area contributed by atoms with Crippen molar-refractivity contribution in [3.63, 3.8) is 0 Å². The van der Waals surface area contributed by atoms with Crippen molar-refractivity contribution < 1.29 is 19.3 Å². The lowest BCUT2D eigenvalue weighted by molar-refractivity contribution is -0.385. The molecule has 1 heterocycles. The highest BCUT2D eigenvalue weighted by Crippen LogP contribution is 2.30. The topological polar surface area (TPSA) is 122 Å². The number of benzene rings is 1. The number of nitro benzene ring substituents is 1. The Morgan fingerprint density at radius 3 is 2.72 bits per heavy atom. The third-order valence-corrected chi connectivity index (χ3v) is 4.23. The van der Waals surface area contributed by atoms with E-state index in [0.717, 1.165) is 11.3 Å². The van der Waals surface area contributed by atoms with Crippen LogP contribution in [0.4, 0.5) is 10.5 Å². The van der Waals surface area contributed by atoms with Gasteiger partial charge < -0.3 is 10.6 Å². The number of imide groups is 1. The summed E-state index contributed by atoms with van der Waals surface area (Å²) in [4.78, 5) is 48.0. The van der Waals surface area contributed by atoms with Crippen molar-refractivity contribution in [3.05, 3.63) is 39.9 Å². The van der Waals surface area contributed by atoms with Crippen LogP contribution in [0.2, 0.25) is 0 Å². The van der Waals surface area contributed by atoms with E-state index < -0.39 is 34.9 Å². The van der Waals surface area contributed by atoms with Crippen LogP contribution >= 0.6 is 0 Å². The molecule has 1 aromatic rings. The minimum absolute atomic E-state index is 0.0728. The summed E-state index contributed by atoms with van der Waals surface area (Å²) in [5, 5.41) is 16.1. The number of non-ortho nitro benzene ring substituents is 1. The minimum Gasteiger partial charge on any atom is -0.352 e. The van der Waals surface area contributed by atoms with Crippen molar-refractivity contribution in [2.45, 2.75) is 38.8 Å². The summed E-state index contributed by atoms with van der Waals surface area (Å²) in [5.41, 5.74) is -1.36. The molecule has 2 N–H and O–H groups in total. The van der Waals surface area contributed by atoms with Crippen LogP contribution in [0, 0.1) is 10.1 Å². The predicted octanol–water partition coefficient (Wildman–Crippen LogP) is 1.28. The fourth-order valence-electron chi connectivity index (χ4n) is 2.53. The summed E-state index contributed by atoms with van der Waals surface area (Å²) in [5.74, 6) is -1.07. The smallest absolute Gasteiger partial charge is 0.325 e. The zero-order valence-corrected chi connectivity index (χ0v) is 14.2. The number of amides is 4. The third-order valence-electron chi connectivity index (χ3n) is 4.23. The maximum atomic E-state index is 12.7. The Bertz CT molecular complexity index is 735. The van der Waals surface area contributed by atoms with Gasteiger partial charge in [-0.1, -0.05) is 19.1 Å². The van der Waals surface area contributed by atoms with Crippen molar-refractivity contribution in [1.29, 1.82) is 0 Å². The SMILES string of the molecule is CCC(C)NC(=O)CN1C(=O)NC(C)(c2cccc([N+](=O)[O-])c2)C1=O. The van der Waals surface area contributed by atoms with E-state index in [0.29, 0.717) is 0 Å². The molecule has 0 aliphatic carbocycles. The molecule has 2 rings (SSSR count). The average Bonchev–Trinajstić information content (AvgIpc) is 2.79. The fourth-order valence-corrected chi connectivity index (χ4v) is 2.53. The molecule has 1 saturated heterocycles. The molecule has 9 nitrogen and oxygen atoms in total. The van der Waals surface area contributed by atoms with Gasteiger partial charge in [-0.2, -0.15) is 0 Å². The zero-order chi connectivity index (χ0) is 18.8. The van der Waals surface area contributed by atoms with Crippen LogP contribution in [0.5, 0.6) is 0 Å². The Morgan fingerprint density at radius 1 is 1.44 bits per heavy atom. The molecule has 1 fully saturated rings. The Kier molecular flexibility index (Phi) is 5.05. The summed E-state index contributed by atoms with van der Waals surface area (Å²) in [6.07, 6.45) is 0.720. The quantitative estimate of drug-likeness (QED) is 0.455. The monoisotopic (exact) mass is 348 g/mol. The van der Waals surface area contributed by atoms with Gasteiger partial charge in [-0.3, -0.25) is 24.6 Å². The number of urea groups is 1. The Balaban J connectivity index is 2.23. The summed E-state index contributed by atoms with van der Waals surface area (Å²) >= 11 is 0. The summed E-state index contributed by atoms with van der Waals surface area (Å²) in [7, 11) is 0. The number of nitrogens with zero attached hydrogens (tertiary/aromatic N) is 2. The molecule has 0 radical (unpaired) electrons. The normalized spacial score (nSPS) is 21.0. The molecule has 0 aromatic heterocycles. The second-order valence-corrected chi connectivity index (χ2v) is 6.13. The largest absolute Gasteiger partial charge is 0.352 e. The molecule has 1 aliphatic rings. The average molecular weight is 348 g/mol. The van der Waals surface area contributed by atoms with Gasteiger partial charge in [0.25, 0.3) is 11.6 Å². The van der Waals surface area contributed by atoms with Crippen LogP contribution in [0.3, 0.4) is 0 Å². The maximum Gasteiger partial charge on any atom is 0.325 e. The molecule has 1 aromatic carbocycles. The highest BCUT2D eigenvalue weighted by atomic mass is 16.6. The van der Waals surface area contributed by atoms with Gasteiger partial charge in [-0.15, -0.1) is 0 Å². The van der Waals surface area contributed by atoms with Gasteiger partial charge >= 0.3 is 6.03 Å². The second kappa shape index (κ2) is 6.88. The molecule has 134 valence electrons. The van der Waals surface area contributed by atoms with Gasteiger partial charge in [-0.05, 0) is 25.8 Å². The van der Waals surface area contributed by atoms with E-state index in [9.17, 15) is 24.5 Å². The Hall–Kier alpha value is -2.97. The van der Waals surface area contributed by atoms with Crippen LogP contribution in [-0.4, -0.2) is 40.3 Å². The van der Waals surface area contributed by atoms with Crippen molar-refractivity contribution >= 4 is 23.5 Å². The first-order valence-electron chi connectivity index (χ1n) is 7.87. The molecule has 0 saturated carbocycles. The van der Waals surface area contributed by atoms with E-state index in [2.05, 4.69) is 10.6 Å². The molecule has 4 amide bonds. The molecule has 0 spiro atoms. The third kappa shape index (κ3) is 3.59. The van der Waals surface area contributed by atoms with Crippen molar-refractivity contribution in [2.24, 2.45) is 0 Å². The molecule has 2 atom stereocenters. The fraction of sp³-hybridized carbons (Fsp3) is 0.438. The molecular weight excluding hydrogens is 328 g/mol. The first kappa shape index (κ1) is 18.4. The standard InChI is InChI=1S/C16H20N4O5/c1-4-10(2)17-13(21)9-19-14(22)16(3,18-15(19)23)11-6-5-7-12(8-11)20(24)25/h5-8,10H,4,9H2,1-3H3,(H,17,21)(H,18,23). The number of rotatable bonds is 6. The summed E-state index contributed by atoms with van der Waals surface area (Å²) in [6.45, 7) is 4.77. The summed E-state index contributed by atoms with van der Waals surface area (Å²) in [6, 6.07) is 4.71. The van der Waals surface area contributed by atoms with Crippen LogP contribution in [0.1, 0.15) is 32.8 Å². The van der Waals surface area contributed by atoms with Gasteiger partial charge in [0.1, 0.15) is 12.1 Å². The highest BCUT2D eigenvalue weighted by molar-refractivity contribution is 6.09. The van der Waals surface area contributed by atoms with E-state index >= 15 is 0 Å². The number of nitrogens with one attached hydrogen (secondary N) is 2. The predicted molar refractivity (Wildman–Crippen MR) is 88.6 cm³/mol. The molecule has 2 unspecified atom stereocenters. The van der Waals surface area contributed by atoms with Crippen molar-refractivity contribution in [1.82, 2.24) is 15.5 Å². The lowest BCUT2D eigenvalue weighted by Gasteiger charge is -2.22. The number of carbonyl (C=O) groups is 3. The Morgan fingerprint density at radius 2 is 2.12 bits per heavy atom. The second-order valence-electron chi connectivity index (χ2n) is 6.13. The molecule has 9 heteroatoms. The van der Waals surface area contributed by atoms with Gasteiger partial charge in [0, 0.05) is 18.2 Å². The van der Waals surface area contributed by atoms with Crippen LogP contribution in [0.15, 0.2) is 24.3 Å². The molecule has 1 aliphatic heterocycles. The van der Waals surface area contributed by atoms with E-state index in [1.54, 1.807) is 0 Å². The van der Waals surface area contributed by atoms with E-state index in [4.69, 9.17) is 0 Å². The van der Waals surface area contributed by atoms with E-state index in [-0.39, 0.29) is 17.3 Å². The first-order valence-corrected chi connectivity index (χ1v) is 7.87. The number of hydrogen-bond donors (Lipinski definition) is 2.